The monoisotopic (exact) mass is 162 g/mol. The number of para-hydroxylation sites is 1. The van der Waals surface area contributed by atoms with Crippen molar-refractivity contribution in [3.8, 4) is 5.75 Å². The number of ether oxygens (including phenoxy) is 1. The molecule has 0 amide bonds. The highest BCUT2D eigenvalue weighted by molar-refractivity contribution is 5.40. The van der Waals surface area contributed by atoms with Crippen LogP contribution in [0.1, 0.15) is 31.7 Å². The molecule has 1 aliphatic heterocycles. The van der Waals surface area contributed by atoms with Gasteiger partial charge in [0.2, 0.25) is 0 Å². The van der Waals surface area contributed by atoms with Gasteiger partial charge in [-0.25, -0.2) is 0 Å². The van der Waals surface area contributed by atoms with Crippen molar-refractivity contribution in [2.24, 2.45) is 0 Å². The lowest BCUT2D eigenvalue weighted by molar-refractivity contribution is 0.224. The number of hydrogen-bond donors (Lipinski definition) is 0. The predicted octanol–water partition coefficient (Wildman–Crippen LogP) is 2.96. The molecule has 0 N–H and O–H groups in total. The summed E-state index contributed by atoms with van der Waals surface area (Å²) in [6, 6.07) is 8.35. The van der Waals surface area contributed by atoms with Crippen LogP contribution in [0, 0.1) is 0 Å². The van der Waals surface area contributed by atoms with E-state index in [2.05, 4.69) is 32.0 Å². The number of hydrogen-bond acceptors (Lipinski definition) is 1. The number of benzene rings is 1. The fraction of sp³-hybridized carbons (Fsp3) is 0.455. The summed E-state index contributed by atoms with van der Waals surface area (Å²) < 4.78 is 5.71. The maximum absolute atomic E-state index is 5.71. The fourth-order valence-corrected chi connectivity index (χ4v) is 1.98. The van der Waals surface area contributed by atoms with Crippen LogP contribution in [0.15, 0.2) is 24.3 Å². The Kier molecular flexibility index (Phi) is 1.80. The van der Waals surface area contributed by atoms with Gasteiger partial charge in [0, 0.05) is 11.5 Å². The maximum atomic E-state index is 5.71. The third-order valence-corrected chi connectivity index (χ3v) is 2.64. The molecule has 0 fully saturated rings. The van der Waals surface area contributed by atoms with Crippen LogP contribution in [0.5, 0.6) is 5.75 Å². The minimum absolute atomic E-state index is 0.354. The van der Waals surface area contributed by atoms with Crippen molar-refractivity contribution in [1.82, 2.24) is 0 Å². The van der Waals surface area contributed by atoms with Gasteiger partial charge in [0.1, 0.15) is 11.9 Å². The molecule has 1 heterocycles. The third-order valence-electron chi connectivity index (χ3n) is 2.64. The molecule has 2 unspecified atom stereocenters. The zero-order chi connectivity index (χ0) is 8.55. The van der Waals surface area contributed by atoms with Gasteiger partial charge in [0.15, 0.2) is 0 Å². The first-order valence-corrected chi connectivity index (χ1v) is 4.58. The van der Waals surface area contributed by atoms with Crippen LogP contribution in [-0.2, 0) is 0 Å². The predicted molar refractivity (Wildman–Crippen MR) is 49.6 cm³/mol. The minimum atomic E-state index is 0.354. The highest BCUT2D eigenvalue weighted by Gasteiger charge is 2.28. The van der Waals surface area contributed by atoms with Gasteiger partial charge in [0.05, 0.1) is 0 Å². The zero-order valence-corrected chi connectivity index (χ0v) is 7.58. The van der Waals surface area contributed by atoms with E-state index >= 15 is 0 Å². The van der Waals surface area contributed by atoms with Crippen LogP contribution in [0.2, 0.25) is 0 Å². The van der Waals surface area contributed by atoms with Crippen molar-refractivity contribution in [2.45, 2.75) is 32.3 Å². The third kappa shape index (κ3) is 1.01. The molecule has 0 spiro atoms. The van der Waals surface area contributed by atoms with E-state index in [0.29, 0.717) is 12.0 Å². The van der Waals surface area contributed by atoms with Crippen LogP contribution in [0.4, 0.5) is 0 Å². The van der Waals surface area contributed by atoms with Crippen LogP contribution in [0.3, 0.4) is 0 Å². The Morgan fingerprint density at radius 2 is 2.08 bits per heavy atom. The van der Waals surface area contributed by atoms with Crippen molar-refractivity contribution in [3.05, 3.63) is 29.8 Å². The van der Waals surface area contributed by atoms with Crippen molar-refractivity contribution in [1.29, 1.82) is 0 Å². The molecule has 12 heavy (non-hydrogen) atoms. The van der Waals surface area contributed by atoms with E-state index in [1.54, 1.807) is 0 Å². The standard InChI is InChI=1S/C11H14O/c1-3-9-8(2)12-11-7-5-4-6-10(9)11/h4-9H,3H2,1-2H3. The molecule has 1 nitrogen and oxygen atoms in total. The normalized spacial score (nSPS) is 26.5. The van der Waals surface area contributed by atoms with Gasteiger partial charge in [-0.15, -0.1) is 0 Å². The van der Waals surface area contributed by atoms with Gasteiger partial charge < -0.3 is 4.74 Å². The lowest BCUT2D eigenvalue weighted by Crippen LogP contribution is -2.12. The largest absolute Gasteiger partial charge is 0.490 e. The molecular weight excluding hydrogens is 148 g/mol. The molecule has 0 aromatic heterocycles. The summed E-state index contributed by atoms with van der Waals surface area (Å²) in [5.41, 5.74) is 1.38. The molecule has 1 aliphatic rings. The Morgan fingerprint density at radius 3 is 2.83 bits per heavy atom. The highest BCUT2D eigenvalue weighted by Crippen LogP contribution is 2.39. The summed E-state index contributed by atoms with van der Waals surface area (Å²) in [6.07, 6.45) is 1.52. The van der Waals surface area contributed by atoms with Crippen LogP contribution >= 0.6 is 0 Å². The lowest BCUT2D eigenvalue weighted by Gasteiger charge is -2.11. The van der Waals surface area contributed by atoms with Gasteiger partial charge in [-0.1, -0.05) is 25.1 Å². The van der Waals surface area contributed by atoms with Gasteiger partial charge in [-0.3, -0.25) is 0 Å². The molecule has 0 radical (unpaired) electrons. The van der Waals surface area contributed by atoms with Gasteiger partial charge in [-0.2, -0.15) is 0 Å². The summed E-state index contributed by atoms with van der Waals surface area (Å²) in [5.74, 6) is 1.68. The molecular formula is C11H14O. The number of fused-ring (bicyclic) bond motifs is 1. The Labute approximate surface area is 73.4 Å². The summed E-state index contributed by atoms with van der Waals surface area (Å²) in [5, 5.41) is 0. The van der Waals surface area contributed by atoms with E-state index in [4.69, 9.17) is 4.74 Å². The molecule has 2 atom stereocenters. The summed E-state index contributed by atoms with van der Waals surface area (Å²) in [4.78, 5) is 0. The molecule has 1 heteroatoms. The fourth-order valence-electron chi connectivity index (χ4n) is 1.98. The van der Waals surface area contributed by atoms with E-state index in [-0.39, 0.29) is 0 Å². The second kappa shape index (κ2) is 2.81. The molecule has 0 saturated carbocycles. The molecule has 0 saturated heterocycles. The quantitative estimate of drug-likeness (QED) is 0.617. The summed E-state index contributed by atoms with van der Waals surface area (Å²) >= 11 is 0. The summed E-state index contributed by atoms with van der Waals surface area (Å²) in [7, 11) is 0. The first-order chi connectivity index (χ1) is 5.83. The summed E-state index contributed by atoms with van der Waals surface area (Å²) in [6.45, 7) is 4.36. The van der Waals surface area contributed by atoms with Crippen molar-refractivity contribution in [3.63, 3.8) is 0 Å². The van der Waals surface area contributed by atoms with Crippen LogP contribution in [-0.4, -0.2) is 6.10 Å². The average Bonchev–Trinajstić information content (AvgIpc) is 2.40. The topological polar surface area (TPSA) is 9.23 Å². The van der Waals surface area contributed by atoms with E-state index in [1.807, 2.05) is 6.07 Å². The zero-order valence-electron chi connectivity index (χ0n) is 7.58. The lowest BCUT2D eigenvalue weighted by atomic mass is 9.94. The Balaban J connectivity index is 2.40. The van der Waals surface area contributed by atoms with E-state index in [9.17, 15) is 0 Å². The van der Waals surface area contributed by atoms with Gasteiger partial charge in [-0.05, 0) is 19.4 Å². The average molecular weight is 162 g/mol. The van der Waals surface area contributed by atoms with E-state index in [1.165, 1.54) is 5.56 Å². The van der Waals surface area contributed by atoms with Crippen molar-refractivity contribution >= 4 is 0 Å². The van der Waals surface area contributed by atoms with Crippen LogP contribution in [0.25, 0.3) is 0 Å². The molecule has 2 rings (SSSR count). The maximum Gasteiger partial charge on any atom is 0.123 e. The second-order valence-corrected chi connectivity index (χ2v) is 3.38. The Hall–Kier alpha value is -0.980. The van der Waals surface area contributed by atoms with Gasteiger partial charge in [0.25, 0.3) is 0 Å². The van der Waals surface area contributed by atoms with E-state index in [0.717, 1.165) is 12.2 Å². The van der Waals surface area contributed by atoms with Gasteiger partial charge >= 0.3 is 0 Å². The van der Waals surface area contributed by atoms with Crippen molar-refractivity contribution in [2.75, 3.05) is 0 Å². The molecule has 1 aromatic rings. The smallest absolute Gasteiger partial charge is 0.123 e. The second-order valence-electron chi connectivity index (χ2n) is 3.38. The Bertz CT molecular complexity index is 280. The minimum Gasteiger partial charge on any atom is -0.490 e. The molecule has 64 valence electrons. The highest BCUT2D eigenvalue weighted by atomic mass is 16.5. The molecule has 1 aromatic carbocycles. The first kappa shape index (κ1) is 7.66. The van der Waals surface area contributed by atoms with E-state index < -0.39 is 0 Å². The SMILES string of the molecule is CCC1c2ccccc2OC1C. The molecule has 0 aliphatic carbocycles. The van der Waals surface area contributed by atoms with Crippen molar-refractivity contribution < 1.29 is 4.74 Å². The number of rotatable bonds is 1. The molecule has 0 bridgehead atoms. The first-order valence-electron chi connectivity index (χ1n) is 4.58. The Morgan fingerprint density at radius 1 is 1.33 bits per heavy atom. The van der Waals surface area contributed by atoms with Crippen LogP contribution < -0.4 is 4.74 Å².